The monoisotopic (exact) mass is 394 g/mol. The predicted octanol–water partition coefficient (Wildman–Crippen LogP) is 3.90. The van der Waals surface area contributed by atoms with Crippen molar-refractivity contribution in [1.29, 1.82) is 0 Å². The lowest BCUT2D eigenvalue weighted by Gasteiger charge is -2.21. The van der Waals surface area contributed by atoms with Gasteiger partial charge in [0.25, 0.3) is 0 Å². The largest absolute Gasteiger partial charge is 0.338 e. The van der Waals surface area contributed by atoms with Gasteiger partial charge in [0.2, 0.25) is 11.8 Å². The highest BCUT2D eigenvalue weighted by Gasteiger charge is 2.21. The van der Waals surface area contributed by atoms with Crippen LogP contribution < -0.4 is 5.32 Å². The van der Waals surface area contributed by atoms with Gasteiger partial charge in [-0.05, 0) is 44.7 Å². The van der Waals surface area contributed by atoms with Crippen LogP contribution >= 0.6 is 15.9 Å². The van der Waals surface area contributed by atoms with Crippen LogP contribution in [0.15, 0.2) is 27.2 Å². The van der Waals surface area contributed by atoms with Gasteiger partial charge in [-0.1, -0.05) is 34.9 Å². The molecule has 0 fully saturated rings. The molecule has 1 aromatic heterocycles. The van der Waals surface area contributed by atoms with Gasteiger partial charge in [0.1, 0.15) is 0 Å². The van der Waals surface area contributed by atoms with E-state index < -0.39 is 0 Å². The maximum absolute atomic E-state index is 12.3. The van der Waals surface area contributed by atoms with Crippen LogP contribution in [-0.2, 0) is 4.79 Å². The van der Waals surface area contributed by atoms with Gasteiger partial charge in [-0.2, -0.15) is 4.98 Å². The third kappa shape index (κ3) is 4.64. The third-order valence-corrected chi connectivity index (χ3v) is 4.34. The zero-order chi connectivity index (χ0) is 17.9. The molecule has 2 aromatic rings. The molecular formula is C17H23BrN4O2. The van der Waals surface area contributed by atoms with Gasteiger partial charge in [0.15, 0.2) is 5.82 Å². The Morgan fingerprint density at radius 2 is 2.08 bits per heavy atom. The van der Waals surface area contributed by atoms with Crippen LogP contribution in [0.25, 0.3) is 0 Å². The number of carbonyl (C=O) groups is 1. The number of likely N-dealkylation sites (N-methyl/N-ethyl adjacent to an activating group) is 1. The van der Waals surface area contributed by atoms with Crippen molar-refractivity contribution in [3.05, 3.63) is 40.0 Å². The molecule has 2 rings (SSSR count). The van der Waals surface area contributed by atoms with Crippen molar-refractivity contribution in [2.45, 2.75) is 39.7 Å². The van der Waals surface area contributed by atoms with Crippen molar-refractivity contribution in [2.75, 3.05) is 18.9 Å². The molecule has 1 amide bonds. The lowest BCUT2D eigenvalue weighted by molar-refractivity contribution is -0.117. The smallest absolute Gasteiger partial charge is 0.243 e. The fraction of sp³-hybridized carbons (Fsp3) is 0.471. The van der Waals surface area contributed by atoms with Crippen LogP contribution in [0.4, 0.5) is 5.69 Å². The highest BCUT2D eigenvalue weighted by atomic mass is 79.9. The average Bonchev–Trinajstić information content (AvgIpc) is 2.99. The van der Waals surface area contributed by atoms with Crippen LogP contribution in [0.2, 0.25) is 0 Å². The summed E-state index contributed by atoms with van der Waals surface area (Å²) in [5.41, 5.74) is 1.82. The van der Waals surface area contributed by atoms with Crippen LogP contribution in [0.5, 0.6) is 0 Å². The summed E-state index contributed by atoms with van der Waals surface area (Å²) in [5, 5.41) is 6.90. The SMILES string of the molecule is Cc1cc(Br)ccc1NC(=O)CN(C)C(C)c1nc(C(C)C)no1. The van der Waals surface area contributed by atoms with Gasteiger partial charge in [-0.25, -0.2) is 0 Å². The van der Waals surface area contributed by atoms with E-state index in [1.807, 2.05) is 57.8 Å². The molecule has 6 nitrogen and oxygen atoms in total. The van der Waals surface area contributed by atoms with Gasteiger partial charge >= 0.3 is 0 Å². The molecule has 130 valence electrons. The molecule has 1 unspecified atom stereocenters. The maximum atomic E-state index is 12.3. The van der Waals surface area contributed by atoms with E-state index in [0.29, 0.717) is 11.7 Å². The summed E-state index contributed by atoms with van der Waals surface area (Å²) in [6, 6.07) is 5.62. The van der Waals surface area contributed by atoms with Crippen molar-refractivity contribution in [1.82, 2.24) is 15.0 Å². The van der Waals surface area contributed by atoms with Crippen LogP contribution in [0, 0.1) is 6.92 Å². The van der Waals surface area contributed by atoms with E-state index in [1.165, 1.54) is 0 Å². The standard InChI is InChI=1S/C17H23BrN4O2/c1-10(2)16-20-17(24-21-16)12(4)22(5)9-15(23)19-14-7-6-13(18)8-11(14)3/h6-8,10,12H,9H2,1-5H3,(H,19,23). The minimum atomic E-state index is -0.137. The molecule has 7 heteroatoms. The Hall–Kier alpha value is -1.73. The summed E-state index contributed by atoms with van der Waals surface area (Å²) in [6.07, 6.45) is 0. The molecule has 1 N–H and O–H groups in total. The number of nitrogens with zero attached hydrogens (tertiary/aromatic N) is 3. The number of rotatable bonds is 6. The molecule has 0 saturated heterocycles. The van der Waals surface area contributed by atoms with Gasteiger partial charge in [0, 0.05) is 16.1 Å². The maximum Gasteiger partial charge on any atom is 0.243 e. The van der Waals surface area contributed by atoms with E-state index >= 15 is 0 Å². The first kappa shape index (κ1) is 18.6. The molecule has 0 aliphatic heterocycles. The zero-order valence-electron chi connectivity index (χ0n) is 14.6. The summed E-state index contributed by atoms with van der Waals surface area (Å²) in [7, 11) is 1.86. The lowest BCUT2D eigenvalue weighted by atomic mass is 10.2. The Bertz CT molecular complexity index is 714. The number of nitrogens with one attached hydrogen (secondary N) is 1. The van der Waals surface area contributed by atoms with Crippen molar-refractivity contribution >= 4 is 27.5 Å². The fourth-order valence-electron chi connectivity index (χ4n) is 2.16. The minimum Gasteiger partial charge on any atom is -0.338 e. The number of aromatic nitrogens is 2. The molecule has 0 aliphatic rings. The first-order valence-electron chi connectivity index (χ1n) is 7.87. The highest BCUT2D eigenvalue weighted by molar-refractivity contribution is 9.10. The highest BCUT2D eigenvalue weighted by Crippen LogP contribution is 2.21. The summed E-state index contributed by atoms with van der Waals surface area (Å²) in [5.74, 6) is 1.33. The Labute approximate surface area is 150 Å². The zero-order valence-corrected chi connectivity index (χ0v) is 16.2. The van der Waals surface area contributed by atoms with Crippen molar-refractivity contribution in [3.8, 4) is 0 Å². The van der Waals surface area contributed by atoms with Crippen molar-refractivity contribution in [3.63, 3.8) is 0 Å². The number of hydrogen-bond donors (Lipinski definition) is 1. The Balaban J connectivity index is 1.97. The van der Waals surface area contributed by atoms with Gasteiger partial charge in [-0.3, -0.25) is 9.69 Å². The first-order chi connectivity index (χ1) is 11.3. The van der Waals surface area contributed by atoms with E-state index in [9.17, 15) is 4.79 Å². The summed E-state index contributed by atoms with van der Waals surface area (Å²) in [6.45, 7) is 8.15. The molecule has 1 heterocycles. The number of halogens is 1. The molecule has 0 radical (unpaired) electrons. The number of aryl methyl sites for hydroxylation is 1. The third-order valence-electron chi connectivity index (χ3n) is 3.85. The summed E-state index contributed by atoms with van der Waals surface area (Å²) < 4.78 is 6.29. The van der Waals surface area contributed by atoms with E-state index in [4.69, 9.17) is 4.52 Å². The van der Waals surface area contributed by atoms with Crippen LogP contribution in [0.1, 0.15) is 50.0 Å². The van der Waals surface area contributed by atoms with Crippen LogP contribution in [0.3, 0.4) is 0 Å². The molecule has 0 bridgehead atoms. The average molecular weight is 395 g/mol. The van der Waals surface area contributed by atoms with Gasteiger partial charge in [-0.15, -0.1) is 0 Å². The molecule has 0 spiro atoms. The number of carbonyl (C=O) groups excluding carboxylic acids is 1. The Morgan fingerprint density at radius 3 is 2.67 bits per heavy atom. The number of amides is 1. The first-order valence-corrected chi connectivity index (χ1v) is 8.67. The quantitative estimate of drug-likeness (QED) is 0.804. The normalized spacial score (nSPS) is 12.7. The molecule has 24 heavy (non-hydrogen) atoms. The second-order valence-electron chi connectivity index (χ2n) is 6.24. The van der Waals surface area contributed by atoms with E-state index in [-0.39, 0.29) is 24.4 Å². The molecular weight excluding hydrogens is 372 g/mol. The molecule has 1 atom stereocenters. The number of anilines is 1. The fourth-order valence-corrected chi connectivity index (χ4v) is 2.64. The Morgan fingerprint density at radius 1 is 1.38 bits per heavy atom. The predicted molar refractivity (Wildman–Crippen MR) is 96.9 cm³/mol. The van der Waals surface area contributed by atoms with Crippen molar-refractivity contribution < 1.29 is 9.32 Å². The van der Waals surface area contributed by atoms with Crippen LogP contribution in [-0.4, -0.2) is 34.5 Å². The molecule has 1 aromatic carbocycles. The topological polar surface area (TPSA) is 71.3 Å². The second kappa shape index (κ2) is 7.90. The summed E-state index contributed by atoms with van der Waals surface area (Å²) in [4.78, 5) is 18.5. The van der Waals surface area contributed by atoms with Gasteiger partial charge < -0.3 is 9.84 Å². The van der Waals surface area contributed by atoms with E-state index in [1.54, 1.807) is 0 Å². The molecule has 0 aliphatic carbocycles. The Kier molecular flexibility index (Phi) is 6.12. The van der Waals surface area contributed by atoms with E-state index in [2.05, 4.69) is 31.4 Å². The second-order valence-corrected chi connectivity index (χ2v) is 7.16. The number of benzene rings is 1. The van der Waals surface area contributed by atoms with E-state index in [0.717, 1.165) is 15.7 Å². The van der Waals surface area contributed by atoms with Crippen molar-refractivity contribution in [2.24, 2.45) is 0 Å². The van der Waals surface area contributed by atoms with Gasteiger partial charge in [0.05, 0.1) is 12.6 Å². The summed E-state index contributed by atoms with van der Waals surface area (Å²) >= 11 is 3.42. The lowest BCUT2D eigenvalue weighted by Crippen LogP contribution is -2.32. The number of hydrogen-bond acceptors (Lipinski definition) is 5. The minimum absolute atomic E-state index is 0.0848. The molecule has 0 saturated carbocycles.